The molecule has 0 fully saturated rings. The standard InChI is InChI=1S/C22H22N2OS2/c1-17-4-6-18(7-5-17)14-26-16-22(25)24-20-8-10-21(11-9-20)27-15-19-3-2-12-23-13-19/h2-13H,14-16H2,1H3,(H,24,25). The molecule has 5 heteroatoms. The molecular weight excluding hydrogens is 372 g/mol. The number of amides is 1. The van der Waals surface area contributed by atoms with E-state index in [4.69, 9.17) is 0 Å². The first-order chi connectivity index (χ1) is 13.2. The van der Waals surface area contributed by atoms with Gasteiger partial charge in [0, 0.05) is 34.5 Å². The van der Waals surface area contributed by atoms with E-state index < -0.39 is 0 Å². The number of pyridine rings is 1. The second kappa shape index (κ2) is 10.2. The average Bonchev–Trinajstić information content (AvgIpc) is 2.70. The fourth-order valence-corrected chi connectivity index (χ4v) is 4.05. The van der Waals surface area contributed by atoms with Crippen LogP contribution in [0.1, 0.15) is 16.7 Å². The maximum absolute atomic E-state index is 12.1. The van der Waals surface area contributed by atoms with Crippen LogP contribution in [-0.2, 0) is 16.3 Å². The summed E-state index contributed by atoms with van der Waals surface area (Å²) in [6, 6.07) is 20.4. The minimum Gasteiger partial charge on any atom is -0.325 e. The number of aromatic nitrogens is 1. The van der Waals surface area contributed by atoms with Gasteiger partial charge >= 0.3 is 0 Å². The third kappa shape index (κ3) is 6.77. The Bertz CT molecular complexity index is 850. The predicted molar refractivity (Wildman–Crippen MR) is 116 cm³/mol. The first-order valence-corrected chi connectivity index (χ1v) is 10.9. The smallest absolute Gasteiger partial charge is 0.234 e. The maximum Gasteiger partial charge on any atom is 0.234 e. The Labute approximate surface area is 169 Å². The summed E-state index contributed by atoms with van der Waals surface area (Å²) in [4.78, 5) is 17.4. The summed E-state index contributed by atoms with van der Waals surface area (Å²) in [5.74, 6) is 2.21. The van der Waals surface area contributed by atoms with Gasteiger partial charge in [-0.15, -0.1) is 23.5 Å². The van der Waals surface area contributed by atoms with Gasteiger partial charge < -0.3 is 5.32 Å². The van der Waals surface area contributed by atoms with Crippen molar-refractivity contribution in [2.24, 2.45) is 0 Å². The Balaban J connectivity index is 1.40. The molecule has 0 unspecified atom stereocenters. The minimum absolute atomic E-state index is 0.0304. The number of nitrogens with one attached hydrogen (secondary N) is 1. The van der Waals surface area contributed by atoms with E-state index in [1.807, 2.05) is 36.5 Å². The molecule has 3 nitrogen and oxygen atoms in total. The van der Waals surface area contributed by atoms with E-state index in [-0.39, 0.29) is 5.91 Å². The van der Waals surface area contributed by atoms with E-state index >= 15 is 0 Å². The molecule has 0 atom stereocenters. The van der Waals surface area contributed by atoms with Gasteiger partial charge in [0.1, 0.15) is 0 Å². The molecule has 0 aliphatic carbocycles. The number of hydrogen-bond donors (Lipinski definition) is 1. The molecule has 0 aliphatic heterocycles. The van der Waals surface area contributed by atoms with Crippen molar-refractivity contribution >= 4 is 35.1 Å². The zero-order chi connectivity index (χ0) is 18.9. The second-order valence-corrected chi connectivity index (χ2v) is 8.24. The highest BCUT2D eigenvalue weighted by molar-refractivity contribution is 7.99. The Morgan fingerprint density at radius 2 is 1.74 bits per heavy atom. The number of carbonyl (C=O) groups is 1. The van der Waals surface area contributed by atoms with Crippen LogP contribution in [0.25, 0.3) is 0 Å². The molecule has 138 valence electrons. The van der Waals surface area contributed by atoms with E-state index in [0.717, 1.165) is 17.2 Å². The lowest BCUT2D eigenvalue weighted by atomic mass is 10.2. The predicted octanol–water partition coefficient (Wildman–Crippen LogP) is 5.55. The highest BCUT2D eigenvalue weighted by atomic mass is 32.2. The van der Waals surface area contributed by atoms with Crippen LogP contribution in [0.5, 0.6) is 0 Å². The van der Waals surface area contributed by atoms with Gasteiger partial charge in [-0.1, -0.05) is 35.9 Å². The molecule has 0 radical (unpaired) electrons. The van der Waals surface area contributed by atoms with Crippen LogP contribution in [0.4, 0.5) is 5.69 Å². The van der Waals surface area contributed by atoms with Crippen molar-refractivity contribution in [3.8, 4) is 0 Å². The van der Waals surface area contributed by atoms with Gasteiger partial charge in [0.25, 0.3) is 0 Å². The Kier molecular flexibility index (Phi) is 7.36. The zero-order valence-electron chi connectivity index (χ0n) is 15.2. The number of thioether (sulfide) groups is 2. The molecule has 3 rings (SSSR count). The first kappa shape index (κ1) is 19.5. The van der Waals surface area contributed by atoms with Crippen molar-refractivity contribution in [2.45, 2.75) is 23.3 Å². The molecule has 0 saturated carbocycles. The molecule has 0 aliphatic rings. The van der Waals surface area contributed by atoms with E-state index in [9.17, 15) is 4.79 Å². The number of nitrogens with zero attached hydrogens (tertiary/aromatic N) is 1. The Morgan fingerprint density at radius 3 is 2.44 bits per heavy atom. The van der Waals surface area contributed by atoms with Crippen LogP contribution in [0.15, 0.2) is 78.0 Å². The molecule has 0 spiro atoms. The summed E-state index contributed by atoms with van der Waals surface area (Å²) in [6.45, 7) is 2.08. The lowest BCUT2D eigenvalue weighted by Gasteiger charge is -2.07. The fraction of sp³-hybridized carbons (Fsp3) is 0.182. The highest BCUT2D eigenvalue weighted by Crippen LogP contribution is 2.24. The van der Waals surface area contributed by atoms with Gasteiger partial charge in [0.15, 0.2) is 0 Å². The number of carbonyl (C=O) groups excluding carboxylic acids is 1. The normalized spacial score (nSPS) is 10.6. The summed E-state index contributed by atoms with van der Waals surface area (Å²) in [5.41, 5.74) is 4.53. The van der Waals surface area contributed by atoms with Crippen LogP contribution >= 0.6 is 23.5 Å². The van der Waals surface area contributed by atoms with E-state index in [1.165, 1.54) is 21.6 Å². The van der Waals surface area contributed by atoms with E-state index in [1.54, 1.807) is 29.7 Å². The largest absolute Gasteiger partial charge is 0.325 e. The van der Waals surface area contributed by atoms with E-state index in [2.05, 4.69) is 47.6 Å². The van der Waals surface area contributed by atoms with Gasteiger partial charge in [-0.25, -0.2) is 0 Å². The molecule has 27 heavy (non-hydrogen) atoms. The second-order valence-electron chi connectivity index (χ2n) is 6.20. The van der Waals surface area contributed by atoms with Crippen molar-refractivity contribution in [1.29, 1.82) is 0 Å². The van der Waals surface area contributed by atoms with Crippen molar-refractivity contribution in [3.05, 3.63) is 89.7 Å². The lowest BCUT2D eigenvalue weighted by Crippen LogP contribution is -2.14. The average molecular weight is 395 g/mol. The van der Waals surface area contributed by atoms with Gasteiger partial charge in [-0.3, -0.25) is 9.78 Å². The number of hydrogen-bond acceptors (Lipinski definition) is 4. The van der Waals surface area contributed by atoms with Crippen LogP contribution < -0.4 is 5.32 Å². The third-order valence-electron chi connectivity index (χ3n) is 3.89. The van der Waals surface area contributed by atoms with Crippen molar-refractivity contribution < 1.29 is 4.79 Å². The fourth-order valence-electron chi connectivity index (χ4n) is 2.43. The van der Waals surface area contributed by atoms with Crippen LogP contribution in [0.2, 0.25) is 0 Å². The van der Waals surface area contributed by atoms with Crippen LogP contribution in [-0.4, -0.2) is 16.6 Å². The number of anilines is 1. The minimum atomic E-state index is 0.0304. The SMILES string of the molecule is Cc1ccc(CSCC(=O)Nc2ccc(SCc3cccnc3)cc2)cc1. The van der Waals surface area contributed by atoms with Crippen molar-refractivity contribution in [3.63, 3.8) is 0 Å². The quantitative estimate of drug-likeness (QED) is 0.508. The topological polar surface area (TPSA) is 42.0 Å². The van der Waals surface area contributed by atoms with Crippen molar-refractivity contribution in [1.82, 2.24) is 4.98 Å². The molecular formula is C22H22N2OS2. The zero-order valence-corrected chi connectivity index (χ0v) is 16.9. The number of benzene rings is 2. The van der Waals surface area contributed by atoms with Gasteiger partial charge in [-0.2, -0.15) is 0 Å². The Hall–Kier alpha value is -2.24. The first-order valence-electron chi connectivity index (χ1n) is 8.74. The molecule has 0 saturated heterocycles. The summed E-state index contributed by atoms with van der Waals surface area (Å²) in [7, 11) is 0. The third-order valence-corrected chi connectivity index (χ3v) is 5.98. The van der Waals surface area contributed by atoms with Gasteiger partial charge in [-0.05, 0) is 48.4 Å². The highest BCUT2D eigenvalue weighted by Gasteiger charge is 2.04. The monoisotopic (exact) mass is 394 g/mol. The summed E-state index contributed by atoms with van der Waals surface area (Å²) < 4.78 is 0. The lowest BCUT2D eigenvalue weighted by molar-refractivity contribution is -0.113. The summed E-state index contributed by atoms with van der Waals surface area (Å²) in [6.07, 6.45) is 3.67. The molecule has 1 amide bonds. The molecule has 1 heterocycles. The van der Waals surface area contributed by atoms with Gasteiger partial charge in [0.05, 0.1) is 5.75 Å². The molecule has 3 aromatic rings. The Morgan fingerprint density at radius 1 is 0.963 bits per heavy atom. The van der Waals surface area contributed by atoms with E-state index in [0.29, 0.717) is 5.75 Å². The molecule has 2 aromatic carbocycles. The summed E-state index contributed by atoms with van der Waals surface area (Å²) >= 11 is 3.38. The van der Waals surface area contributed by atoms with Crippen LogP contribution in [0, 0.1) is 6.92 Å². The summed E-state index contributed by atoms with van der Waals surface area (Å²) in [5, 5.41) is 2.96. The number of rotatable bonds is 8. The number of aryl methyl sites for hydroxylation is 1. The van der Waals surface area contributed by atoms with Crippen LogP contribution in [0.3, 0.4) is 0 Å². The molecule has 1 N–H and O–H groups in total. The maximum atomic E-state index is 12.1. The molecule has 1 aromatic heterocycles. The van der Waals surface area contributed by atoms with Crippen molar-refractivity contribution in [2.75, 3.05) is 11.1 Å². The molecule has 0 bridgehead atoms. The van der Waals surface area contributed by atoms with Gasteiger partial charge in [0.2, 0.25) is 5.91 Å².